The molecule has 0 amide bonds. The maximum absolute atomic E-state index is 11.0. The number of hydrogen-bond acceptors (Lipinski definition) is 5. The fourth-order valence-corrected chi connectivity index (χ4v) is 3.54. The minimum absolute atomic E-state index is 0.321. The van der Waals surface area contributed by atoms with Gasteiger partial charge in [-0.05, 0) is 37.1 Å². The van der Waals surface area contributed by atoms with E-state index in [9.17, 15) is 4.79 Å². The van der Waals surface area contributed by atoms with Crippen LogP contribution in [0.15, 0.2) is 55.4 Å². The van der Waals surface area contributed by atoms with Crippen molar-refractivity contribution < 1.29 is 9.90 Å². The van der Waals surface area contributed by atoms with E-state index in [1.807, 2.05) is 29.1 Å². The molecular weight excluding hydrogens is 342 g/mol. The Kier molecular flexibility index (Phi) is 4.93. The number of nitrogens with zero attached hydrogens (tertiary/aromatic N) is 5. The second kappa shape index (κ2) is 7.67. The maximum Gasteiger partial charge on any atom is 0.335 e. The lowest BCUT2D eigenvalue weighted by molar-refractivity contribution is 0.0697. The molecule has 1 N–H and O–H groups in total. The van der Waals surface area contributed by atoms with Gasteiger partial charge < -0.3 is 5.11 Å². The van der Waals surface area contributed by atoms with Gasteiger partial charge in [-0.2, -0.15) is 0 Å². The van der Waals surface area contributed by atoms with E-state index in [0.717, 1.165) is 49.6 Å². The highest BCUT2D eigenvalue weighted by atomic mass is 16.4. The molecule has 0 radical (unpaired) electrons. The normalized spacial score (nSPS) is 17.7. The molecule has 0 aliphatic carbocycles. The number of carboxylic acid groups (broad SMARTS) is 1. The standard InChI is InChI=1S/C20H21N5O2/c26-20(27)16-5-3-15(4-6-16)12-24-8-1-2-17(13-24)18-10-22-11-19(23-18)25-9-7-21-14-25/h3-7,9-11,14,17H,1-2,8,12-13H2,(H,26,27)/t17-/m0/s1. The Bertz CT molecular complexity index is 908. The zero-order chi connectivity index (χ0) is 18.6. The Labute approximate surface area is 157 Å². The summed E-state index contributed by atoms with van der Waals surface area (Å²) in [5.41, 5.74) is 2.45. The lowest BCUT2D eigenvalue weighted by atomic mass is 9.94. The number of likely N-dealkylation sites (tertiary alicyclic amines) is 1. The van der Waals surface area contributed by atoms with Crippen LogP contribution in [0.3, 0.4) is 0 Å². The summed E-state index contributed by atoms with van der Waals surface area (Å²) in [4.78, 5) is 26.6. The fraction of sp³-hybridized carbons (Fsp3) is 0.300. The second-order valence-corrected chi connectivity index (χ2v) is 6.85. The first-order valence-corrected chi connectivity index (χ1v) is 9.04. The van der Waals surface area contributed by atoms with Gasteiger partial charge in [-0.15, -0.1) is 0 Å². The Balaban J connectivity index is 1.45. The van der Waals surface area contributed by atoms with Crippen molar-refractivity contribution in [3.63, 3.8) is 0 Å². The first-order valence-electron chi connectivity index (χ1n) is 9.04. The van der Waals surface area contributed by atoms with Crippen molar-refractivity contribution >= 4 is 5.97 Å². The Hall–Kier alpha value is -3.06. The number of benzene rings is 1. The van der Waals surface area contributed by atoms with Gasteiger partial charge in [0.05, 0.1) is 17.5 Å². The van der Waals surface area contributed by atoms with Crippen LogP contribution in [0.5, 0.6) is 0 Å². The summed E-state index contributed by atoms with van der Waals surface area (Å²) in [6.45, 7) is 2.76. The largest absolute Gasteiger partial charge is 0.478 e. The Morgan fingerprint density at radius 3 is 2.78 bits per heavy atom. The highest BCUT2D eigenvalue weighted by molar-refractivity contribution is 5.87. The molecule has 1 atom stereocenters. The number of carbonyl (C=O) groups is 1. The van der Waals surface area contributed by atoms with Crippen LogP contribution in [0.25, 0.3) is 5.82 Å². The Morgan fingerprint density at radius 2 is 2.04 bits per heavy atom. The van der Waals surface area contributed by atoms with Gasteiger partial charge in [-0.25, -0.2) is 14.8 Å². The number of piperidine rings is 1. The molecular formula is C20H21N5O2. The highest BCUT2D eigenvalue weighted by Crippen LogP contribution is 2.26. The van der Waals surface area contributed by atoms with Crippen LogP contribution in [-0.2, 0) is 6.54 Å². The van der Waals surface area contributed by atoms with E-state index < -0.39 is 5.97 Å². The highest BCUT2D eigenvalue weighted by Gasteiger charge is 2.23. The van der Waals surface area contributed by atoms with Crippen LogP contribution in [-0.4, -0.2) is 48.6 Å². The lowest BCUT2D eigenvalue weighted by Crippen LogP contribution is -2.34. The molecule has 0 saturated carbocycles. The van der Waals surface area contributed by atoms with Crippen molar-refractivity contribution in [2.24, 2.45) is 0 Å². The predicted octanol–water partition coefficient (Wildman–Crippen LogP) is 2.74. The van der Waals surface area contributed by atoms with Gasteiger partial charge in [0.2, 0.25) is 0 Å². The molecule has 1 aliphatic heterocycles. The van der Waals surface area contributed by atoms with E-state index >= 15 is 0 Å². The van der Waals surface area contributed by atoms with Crippen LogP contribution >= 0.6 is 0 Å². The number of aromatic nitrogens is 4. The van der Waals surface area contributed by atoms with E-state index in [4.69, 9.17) is 10.1 Å². The summed E-state index contributed by atoms with van der Waals surface area (Å²) < 4.78 is 1.86. The van der Waals surface area contributed by atoms with Crippen molar-refractivity contribution in [3.8, 4) is 5.82 Å². The van der Waals surface area contributed by atoms with E-state index in [-0.39, 0.29) is 0 Å². The Morgan fingerprint density at radius 1 is 1.19 bits per heavy atom. The average molecular weight is 363 g/mol. The predicted molar refractivity (Wildman–Crippen MR) is 99.8 cm³/mol. The topological polar surface area (TPSA) is 84.1 Å². The van der Waals surface area contributed by atoms with E-state index in [0.29, 0.717) is 11.5 Å². The number of carboxylic acids is 1. The summed E-state index contributed by atoms with van der Waals surface area (Å²) >= 11 is 0. The molecule has 4 rings (SSSR count). The van der Waals surface area contributed by atoms with Crippen LogP contribution in [0, 0.1) is 0 Å². The minimum Gasteiger partial charge on any atom is -0.478 e. The minimum atomic E-state index is -0.893. The zero-order valence-corrected chi connectivity index (χ0v) is 14.9. The van der Waals surface area contributed by atoms with Crippen LogP contribution in [0.1, 0.15) is 40.4 Å². The fourth-order valence-electron chi connectivity index (χ4n) is 3.54. The molecule has 3 aromatic rings. The smallest absolute Gasteiger partial charge is 0.335 e. The number of rotatable bonds is 5. The number of imidazole rings is 1. The lowest BCUT2D eigenvalue weighted by Gasteiger charge is -2.32. The molecule has 1 fully saturated rings. The van der Waals surface area contributed by atoms with Gasteiger partial charge in [0.15, 0.2) is 5.82 Å². The summed E-state index contributed by atoms with van der Waals surface area (Å²) in [5.74, 6) is 0.232. The SMILES string of the molecule is O=C(O)c1ccc(CN2CCC[C@H](c3cncc(-n4ccnc4)n3)C2)cc1. The van der Waals surface area contributed by atoms with E-state index in [2.05, 4.69) is 14.9 Å². The van der Waals surface area contributed by atoms with Gasteiger partial charge in [-0.3, -0.25) is 14.5 Å². The maximum atomic E-state index is 11.0. The summed E-state index contributed by atoms with van der Waals surface area (Å²) in [6.07, 6.45) is 11.1. The summed E-state index contributed by atoms with van der Waals surface area (Å²) in [6, 6.07) is 7.12. The van der Waals surface area contributed by atoms with E-state index in [1.165, 1.54) is 0 Å². The second-order valence-electron chi connectivity index (χ2n) is 6.85. The van der Waals surface area contributed by atoms with Crippen molar-refractivity contribution in [2.45, 2.75) is 25.3 Å². The first kappa shape index (κ1) is 17.4. The molecule has 3 heterocycles. The first-order chi connectivity index (χ1) is 13.2. The molecule has 1 aliphatic rings. The molecule has 1 aromatic carbocycles. The third-order valence-corrected chi connectivity index (χ3v) is 4.94. The van der Waals surface area contributed by atoms with Crippen LogP contribution in [0.2, 0.25) is 0 Å². The van der Waals surface area contributed by atoms with Gasteiger partial charge in [0, 0.05) is 37.6 Å². The molecule has 2 aromatic heterocycles. The third-order valence-electron chi connectivity index (χ3n) is 4.94. The number of aromatic carboxylic acids is 1. The molecule has 1 saturated heterocycles. The molecule has 0 bridgehead atoms. The summed E-state index contributed by atoms with van der Waals surface area (Å²) in [5, 5.41) is 9.02. The van der Waals surface area contributed by atoms with Crippen molar-refractivity contribution in [2.75, 3.05) is 13.1 Å². The molecule has 0 spiro atoms. The van der Waals surface area contributed by atoms with Crippen LogP contribution < -0.4 is 0 Å². The van der Waals surface area contributed by atoms with Crippen molar-refractivity contribution in [1.82, 2.24) is 24.4 Å². The van der Waals surface area contributed by atoms with Crippen molar-refractivity contribution in [3.05, 3.63) is 72.2 Å². The molecule has 7 heteroatoms. The van der Waals surface area contributed by atoms with Gasteiger partial charge in [0.1, 0.15) is 6.33 Å². The quantitative estimate of drug-likeness (QED) is 0.750. The molecule has 7 nitrogen and oxygen atoms in total. The molecule has 138 valence electrons. The zero-order valence-electron chi connectivity index (χ0n) is 14.9. The van der Waals surface area contributed by atoms with Gasteiger partial charge in [-0.1, -0.05) is 12.1 Å². The third kappa shape index (κ3) is 4.03. The van der Waals surface area contributed by atoms with E-state index in [1.54, 1.807) is 30.9 Å². The van der Waals surface area contributed by atoms with Gasteiger partial charge >= 0.3 is 5.97 Å². The average Bonchev–Trinajstić information content (AvgIpc) is 3.24. The summed E-state index contributed by atoms with van der Waals surface area (Å²) in [7, 11) is 0. The van der Waals surface area contributed by atoms with Gasteiger partial charge in [0.25, 0.3) is 0 Å². The number of hydrogen-bond donors (Lipinski definition) is 1. The van der Waals surface area contributed by atoms with Crippen LogP contribution in [0.4, 0.5) is 0 Å². The molecule has 27 heavy (non-hydrogen) atoms. The van der Waals surface area contributed by atoms with Crippen molar-refractivity contribution in [1.29, 1.82) is 0 Å². The monoisotopic (exact) mass is 363 g/mol. The molecule has 0 unspecified atom stereocenters.